The maximum Gasteiger partial charge on any atom is 0.406 e. The molecule has 2 aromatic rings. The Morgan fingerprint density at radius 1 is 1.35 bits per heavy atom. The molecular formula is C13H16N4O5S. The topological polar surface area (TPSA) is 116 Å². The Morgan fingerprint density at radius 3 is 2.57 bits per heavy atom. The van der Waals surface area contributed by atoms with Crippen molar-refractivity contribution >= 4 is 21.5 Å². The molecule has 0 saturated heterocycles. The van der Waals surface area contributed by atoms with Crippen LogP contribution in [0.5, 0.6) is 5.75 Å². The van der Waals surface area contributed by atoms with Gasteiger partial charge in [0.2, 0.25) is 12.1 Å². The smallest absolute Gasteiger partial charge is 0.406 e. The van der Waals surface area contributed by atoms with E-state index in [1.54, 1.807) is 19.2 Å². The van der Waals surface area contributed by atoms with Gasteiger partial charge in [-0.15, -0.1) is 0 Å². The summed E-state index contributed by atoms with van der Waals surface area (Å²) in [6.45, 7) is 0.578. The van der Waals surface area contributed by atoms with E-state index < -0.39 is 14.8 Å². The van der Waals surface area contributed by atoms with E-state index in [-0.39, 0.29) is 17.3 Å². The van der Waals surface area contributed by atoms with Gasteiger partial charge in [-0.2, -0.15) is 0 Å². The summed E-state index contributed by atoms with van der Waals surface area (Å²) in [5.41, 5.74) is 0. The fraction of sp³-hybridized carbons (Fsp3) is 0.308. The number of nitrogens with zero attached hydrogens (tertiary/aromatic N) is 3. The first-order valence-electron chi connectivity index (χ1n) is 6.61. The summed E-state index contributed by atoms with van der Waals surface area (Å²) in [5, 5.41) is 13.7. The second-order valence-electron chi connectivity index (χ2n) is 4.80. The lowest BCUT2D eigenvalue weighted by Crippen LogP contribution is -2.14. The molecule has 0 spiro atoms. The minimum Gasteiger partial charge on any atom is -0.492 e. The van der Waals surface area contributed by atoms with E-state index in [2.05, 4.69) is 10.3 Å². The zero-order chi connectivity index (χ0) is 17.0. The molecule has 1 N–H and O–H groups in total. The van der Waals surface area contributed by atoms with Crippen LogP contribution in [-0.2, 0) is 16.9 Å². The minimum atomic E-state index is -3.23. The first kappa shape index (κ1) is 16.7. The summed E-state index contributed by atoms with van der Waals surface area (Å²) in [4.78, 5) is 14.2. The Kier molecular flexibility index (Phi) is 4.84. The van der Waals surface area contributed by atoms with Crippen LogP contribution in [0.4, 0.5) is 11.6 Å². The third kappa shape index (κ3) is 4.19. The molecule has 10 heteroatoms. The van der Waals surface area contributed by atoms with Crippen LogP contribution in [0.25, 0.3) is 0 Å². The van der Waals surface area contributed by atoms with Crippen molar-refractivity contribution in [3.05, 3.63) is 40.7 Å². The van der Waals surface area contributed by atoms with Gasteiger partial charge in [-0.1, -0.05) is 0 Å². The number of anilines is 1. The number of sulfone groups is 1. The highest BCUT2D eigenvalue weighted by Crippen LogP contribution is 2.20. The highest BCUT2D eigenvalue weighted by Gasteiger charge is 2.19. The number of benzene rings is 1. The number of hydrogen-bond acceptors (Lipinski definition) is 7. The summed E-state index contributed by atoms with van der Waals surface area (Å²) in [5.74, 6) is 0.565. The fourth-order valence-corrected chi connectivity index (χ4v) is 2.51. The molecule has 0 bridgehead atoms. The first-order chi connectivity index (χ1) is 10.8. The van der Waals surface area contributed by atoms with E-state index >= 15 is 0 Å². The van der Waals surface area contributed by atoms with Crippen LogP contribution in [-0.4, -0.2) is 42.3 Å². The molecule has 1 aromatic heterocycles. The maximum atomic E-state index is 11.3. The van der Waals surface area contributed by atoms with Gasteiger partial charge in [0.1, 0.15) is 12.4 Å². The number of nitrogens with one attached hydrogen (secondary N) is 1. The molecule has 0 aliphatic carbocycles. The zero-order valence-electron chi connectivity index (χ0n) is 12.6. The minimum absolute atomic E-state index is 0.216. The number of nitro groups is 1. The van der Waals surface area contributed by atoms with Crippen molar-refractivity contribution in [2.45, 2.75) is 4.90 Å². The summed E-state index contributed by atoms with van der Waals surface area (Å²) in [6, 6.07) is 6.04. The van der Waals surface area contributed by atoms with Gasteiger partial charge in [0.05, 0.1) is 11.4 Å². The predicted octanol–water partition coefficient (Wildman–Crippen LogP) is 1.22. The van der Waals surface area contributed by atoms with Crippen LogP contribution in [0.3, 0.4) is 0 Å². The monoisotopic (exact) mass is 340 g/mol. The van der Waals surface area contributed by atoms with Gasteiger partial charge < -0.3 is 20.2 Å². The molecular weight excluding hydrogens is 324 g/mol. The molecule has 0 aliphatic rings. The van der Waals surface area contributed by atoms with Gasteiger partial charge in [0.15, 0.2) is 9.84 Å². The molecule has 0 radical (unpaired) electrons. The molecule has 2 rings (SSSR count). The molecule has 23 heavy (non-hydrogen) atoms. The third-order valence-electron chi connectivity index (χ3n) is 3.01. The number of imidazole rings is 1. The molecule has 1 aromatic carbocycles. The summed E-state index contributed by atoms with van der Waals surface area (Å²) >= 11 is 0. The molecule has 0 fully saturated rings. The molecule has 0 saturated carbocycles. The molecule has 0 amide bonds. The maximum absolute atomic E-state index is 11.3. The van der Waals surface area contributed by atoms with Crippen molar-refractivity contribution in [3.63, 3.8) is 0 Å². The number of aryl methyl sites for hydroxylation is 1. The lowest BCUT2D eigenvalue weighted by atomic mass is 10.3. The van der Waals surface area contributed by atoms with Gasteiger partial charge in [-0.25, -0.2) is 8.42 Å². The van der Waals surface area contributed by atoms with E-state index in [1.807, 2.05) is 0 Å². The lowest BCUT2D eigenvalue weighted by molar-refractivity contribution is -0.388. The Bertz CT molecular complexity index is 798. The summed E-state index contributed by atoms with van der Waals surface area (Å²) < 4.78 is 29.6. The molecule has 0 aliphatic heterocycles. The SMILES string of the molecule is Cn1cnc([N+](=O)[O-])c1NCCOc1ccc(S(C)(=O)=O)cc1. The predicted molar refractivity (Wildman–Crippen MR) is 83.4 cm³/mol. The van der Waals surface area contributed by atoms with Gasteiger partial charge in [0, 0.05) is 13.3 Å². The van der Waals surface area contributed by atoms with Crippen molar-refractivity contribution in [2.75, 3.05) is 24.7 Å². The van der Waals surface area contributed by atoms with Crippen LogP contribution in [0.2, 0.25) is 0 Å². The van der Waals surface area contributed by atoms with Crippen molar-refractivity contribution in [1.82, 2.24) is 9.55 Å². The number of hydrogen-bond donors (Lipinski definition) is 1. The van der Waals surface area contributed by atoms with Crippen LogP contribution in [0.1, 0.15) is 0 Å². The lowest BCUT2D eigenvalue weighted by Gasteiger charge is -2.09. The van der Waals surface area contributed by atoms with Crippen molar-refractivity contribution in [2.24, 2.45) is 7.05 Å². The zero-order valence-corrected chi connectivity index (χ0v) is 13.4. The second kappa shape index (κ2) is 6.65. The van der Waals surface area contributed by atoms with Crippen molar-refractivity contribution < 1.29 is 18.1 Å². The van der Waals surface area contributed by atoms with Gasteiger partial charge in [0.25, 0.3) is 0 Å². The van der Waals surface area contributed by atoms with E-state index in [1.165, 1.54) is 23.0 Å². The average Bonchev–Trinajstić information content (AvgIpc) is 2.84. The second-order valence-corrected chi connectivity index (χ2v) is 6.82. The number of aromatic nitrogens is 2. The molecule has 0 unspecified atom stereocenters. The third-order valence-corrected chi connectivity index (χ3v) is 4.13. The highest BCUT2D eigenvalue weighted by atomic mass is 32.2. The number of ether oxygens (including phenoxy) is 1. The van der Waals surface area contributed by atoms with E-state index in [9.17, 15) is 18.5 Å². The van der Waals surface area contributed by atoms with Gasteiger partial charge >= 0.3 is 5.82 Å². The van der Waals surface area contributed by atoms with Crippen LogP contribution in [0, 0.1) is 10.1 Å². The Labute approximate surface area is 133 Å². The van der Waals surface area contributed by atoms with Crippen molar-refractivity contribution in [1.29, 1.82) is 0 Å². The molecule has 0 atom stereocenters. The van der Waals surface area contributed by atoms with Crippen molar-refractivity contribution in [3.8, 4) is 5.75 Å². The highest BCUT2D eigenvalue weighted by molar-refractivity contribution is 7.90. The Morgan fingerprint density at radius 2 is 2.00 bits per heavy atom. The van der Waals surface area contributed by atoms with Gasteiger partial charge in [-0.05, 0) is 34.2 Å². The van der Waals surface area contributed by atoms with Crippen LogP contribution >= 0.6 is 0 Å². The van der Waals surface area contributed by atoms with E-state index in [0.29, 0.717) is 18.1 Å². The Balaban J connectivity index is 1.89. The summed E-state index contributed by atoms with van der Waals surface area (Å²) in [6.07, 6.45) is 2.48. The standard InChI is InChI=1S/C13H16N4O5S/c1-16-9-15-13(17(18)19)12(16)14-7-8-22-10-3-5-11(6-4-10)23(2,20)21/h3-6,9,14H,7-8H2,1-2H3. The number of rotatable bonds is 7. The van der Waals surface area contributed by atoms with Gasteiger partial charge in [-0.3, -0.25) is 4.57 Å². The first-order valence-corrected chi connectivity index (χ1v) is 8.50. The Hall–Kier alpha value is -2.62. The molecule has 124 valence electrons. The fourth-order valence-electron chi connectivity index (χ4n) is 1.88. The van der Waals surface area contributed by atoms with E-state index in [0.717, 1.165) is 6.26 Å². The largest absolute Gasteiger partial charge is 0.492 e. The van der Waals surface area contributed by atoms with E-state index in [4.69, 9.17) is 4.74 Å². The van der Waals surface area contributed by atoms with Crippen LogP contribution in [0.15, 0.2) is 35.5 Å². The molecule has 1 heterocycles. The summed E-state index contributed by atoms with van der Waals surface area (Å²) in [7, 11) is -1.59. The normalized spacial score (nSPS) is 11.2. The quantitative estimate of drug-likeness (QED) is 0.457. The molecule has 9 nitrogen and oxygen atoms in total. The van der Waals surface area contributed by atoms with Crippen LogP contribution < -0.4 is 10.1 Å². The average molecular weight is 340 g/mol.